The van der Waals surface area contributed by atoms with Crippen LogP contribution in [-0.2, 0) is 38.3 Å². The molecule has 0 bridgehead atoms. The summed E-state index contributed by atoms with van der Waals surface area (Å²) in [5, 5.41) is 30.8. The van der Waals surface area contributed by atoms with Gasteiger partial charge in [0, 0.05) is 13.0 Å². The molecule has 6 unspecified atom stereocenters. The first-order valence-corrected chi connectivity index (χ1v) is 30.1. The van der Waals surface area contributed by atoms with Crippen molar-refractivity contribution < 1.29 is 56.2 Å². The van der Waals surface area contributed by atoms with Crippen LogP contribution in [0.1, 0.15) is 232 Å². The van der Waals surface area contributed by atoms with Crippen LogP contribution in [0, 0.1) is 0 Å². The molecule has 1 fully saturated rings. The highest BCUT2D eigenvalue weighted by Gasteiger charge is 2.48. The summed E-state index contributed by atoms with van der Waals surface area (Å²) in [7, 11) is -5.07. The molecular weight excluding hydrogens is 933 g/mol. The predicted octanol–water partition coefficient (Wildman–Crippen LogP) is 14.2. The first kappa shape index (κ1) is 67.6. The Hall–Kier alpha value is -2.46. The van der Waals surface area contributed by atoms with Gasteiger partial charge in [-0.15, -0.1) is 0 Å². The molecule has 0 amide bonds. The van der Waals surface area contributed by atoms with Gasteiger partial charge >= 0.3 is 16.4 Å². The molecule has 0 aromatic carbocycles. The van der Waals surface area contributed by atoms with Gasteiger partial charge in [-0.3, -0.25) is 9.35 Å². The number of rotatable bonds is 50. The predicted molar refractivity (Wildman–Crippen MR) is 294 cm³/mol. The molecule has 0 aromatic rings. The highest BCUT2D eigenvalue weighted by Crippen LogP contribution is 2.26. The molecule has 0 spiro atoms. The van der Waals surface area contributed by atoms with E-state index in [1.165, 1.54) is 109 Å². The Morgan fingerprint density at radius 3 is 1.40 bits per heavy atom. The maximum atomic E-state index is 13.0. The Morgan fingerprint density at radius 2 is 0.958 bits per heavy atom. The van der Waals surface area contributed by atoms with E-state index >= 15 is 0 Å². The second-order valence-corrected chi connectivity index (χ2v) is 20.6. The lowest BCUT2D eigenvalue weighted by Gasteiger charge is -2.41. The molecule has 12 nitrogen and oxygen atoms in total. The number of allylic oxidation sites excluding steroid dienone is 12. The number of hydrogen-bond acceptors (Lipinski definition) is 11. The summed E-state index contributed by atoms with van der Waals surface area (Å²) in [4.78, 5) is 13.0. The van der Waals surface area contributed by atoms with E-state index in [2.05, 4.69) is 90.9 Å². The minimum Gasteiger partial charge on any atom is -0.457 e. The number of esters is 1. The van der Waals surface area contributed by atoms with E-state index in [0.717, 1.165) is 96.3 Å². The number of carbonyl (C=O) groups excluding carboxylic acids is 1. The number of ether oxygens (including phenoxy) is 4. The van der Waals surface area contributed by atoms with Gasteiger partial charge in [0.15, 0.2) is 6.29 Å². The van der Waals surface area contributed by atoms with Crippen LogP contribution in [0.5, 0.6) is 0 Å². The summed E-state index contributed by atoms with van der Waals surface area (Å²) < 4.78 is 59.4. The molecule has 0 saturated carbocycles. The lowest BCUT2D eigenvalue weighted by atomic mass is 9.99. The van der Waals surface area contributed by atoms with Crippen molar-refractivity contribution in [2.24, 2.45) is 0 Å². The molecule has 1 heterocycles. The Balaban J connectivity index is 2.33. The maximum absolute atomic E-state index is 13.0. The second kappa shape index (κ2) is 49.4. The smallest absolute Gasteiger partial charge is 0.397 e. The maximum Gasteiger partial charge on any atom is 0.397 e. The van der Waals surface area contributed by atoms with Crippen LogP contribution in [-0.4, -0.2) is 97.5 Å². The van der Waals surface area contributed by atoms with Crippen LogP contribution in [0.25, 0.3) is 0 Å². The lowest BCUT2D eigenvalue weighted by molar-refractivity contribution is -0.301. The normalized spacial score (nSPS) is 19.4. The quantitative estimate of drug-likeness (QED) is 0.0196. The summed E-state index contributed by atoms with van der Waals surface area (Å²) in [6, 6.07) is 0. The lowest BCUT2D eigenvalue weighted by Crippen LogP contribution is -2.60. The molecule has 1 aliphatic rings. The molecule has 4 N–H and O–H groups in total. The van der Waals surface area contributed by atoms with Crippen molar-refractivity contribution in [3.63, 3.8) is 0 Å². The van der Waals surface area contributed by atoms with Crippen molar-refractivity contribution in [1.29, 1.82) is 0 Å². The highest BCUT2D eigenvalue weighted by molar-refractivity contribution is 7.80. The average molecular weight is 1040 g/mol. The first-order valence-electron chi connectivity index (χ1n) is 28.7. The average Bonchev–Trinajstić information content (AvgIpc) is 3.36. The Kier molecular flexibility index (Phi) is 46.4. The van der Waals surface area contributed by atoms with Crippen molar-refractivity contribution in [1.82, 2.24) is 0 Å². The van der Waals surface area contributed by atoms with E-state index in [4.69, 9.17) is 18.9 Å². The highest BCUT2D eigenvalue weighted by atomic mass is 32.3. The largest absolute Gasteiger partial charge is 0.457 e. The molecule has 6 atom stereocenters. The zero-order chi connectivity index (χ0) is 52.4. The molecule has 13 heteroatoms. The number of carbonyl (C=O) groups is 1. The zero-order valence-corrected chi connectivity index (χ0v) is 46.0. The van der Waals surface area contributed by atoms with Crippen LogP contribution < -0.4 is 0 Å². The zero-order valence-electron chi connectivity index (χ0n) is 45.2. The van der Waals surface area contributed by atoms with Gasteiger partial charge in [-0.1, -0.05) is 234 Å². The first-order chi connectivity index (χ1) is 35.1. The summed E-state index contributed by atoms with van der Waals surface area (Å²) in [6.07, 6.45) is 56.5. The third-order valence-electron chi connectivity index (χ3n) is 12.8. The summed E-state index contributed by atoms with van der Waals surface area (Å²) in [5.74, 6) is -0.404. The van der Waals surface area contributed by atoms with Gasteiger partial charge in [0.05, 0.1) is 19.8 Å². The summed E-state index contributed by atoms with van der Waals surface area (Å²) in [5.41, 5.74) is 0. The molecule has 0 aliphatic carbocycles. The molecule has 418 valence electrons. The van der Waals surface area contributed by atoms with Gasteiger partial charge in [0.2, 0.25) is 0 Å². The van der Waals surface area contributed by atoms with Crippen molar-refractivity contribution in [3.8, 4) is 0 Å². The number of aliphatic hydroxyl groups excluding tert-OH is 3. The monoisotopic (exact) mass is 1040 g/mol. The van der Waals surface area contributed by atoms with E-state index in [0.29, 0.717) is 13.0 Å². The molecular formula is C59H104O12S. The third kappa shape index (κ3) is 41.8. The number of hydrogen-bond donors (Lipinski definition) is 4. The fraction of sp³-hybridized carbons (Fsp3) is 0.780. The SMILES string of the molecule is CC/C=C\C/C=C\C/C=C\C/C=C\C/C=C\C/C=C\CCCCCCCOCC(COC1OC(CO)C(O)C(OS(=O)(=O)O)C1O)OC(=O)CCCCCCCCCCCCCCCCCCCCCCC. The number of unbranched alkanes of at least 4 members (excludes halogenated alkanes) is 25. The van der Waals surface area contributed by atoms with E-state index in [-0.39, 0.29) is 19.6 Å². The van der Waals surface area contributed by atoms with E-state index in [1.807, 2.05) is 0 Å². The molecule has 1 rings (SSSR count). The van der Waals surface area contributed by atoms with Crippen LogP contribution in [0.2, 0.25) is 0 Å². The number of aliphatic hydroxyl groups is 3. The van der Waals surface area contributed by atoms with E-state index < -0.39 is 59.8 Å². The van der Waals surface area contributed by atoms with Crippen LogP contribution >= 0.6 is 0 Å². The standard InChI is InChI=1S/C59H104O12S/c1-3-5-7-9-11-13-15-17-19-21-23-25-26-27-29-31-33-35-37-39-41-43-45-47-49-67-51-53(52-68-59-57(63)58(71-72(64,65)66)56(62)54(50-60)70-59)69-55(61)48-46-44-42-40-38-36-34-32-30-28-24-22-20-18-16-14-12-10-8-6-4-2/h5,7,11,13,17,19,23,25,27,29,33,35,53-54,56-60,62-63H,3-4,6,8-10,12,14-16,18,20-22,24,26,28,30-32,34,36-52H2,1-2H3,(H,64,65,66)/b7-5-,13-11-,19-17-,25-23-,29-27-,35-33-. The molecule has 1 aliphatic heterocycles. The Labute approximate surface area is 439 Å². The van der Waals surface area contributed by atoms with Crippen molar-refractivity contribution >= 4 is 16.4 Å². The van der Waals surface area contributed by atoms with Crippen LogP contribution in [0.15, 0.2) is 72.9 Å². The fourth-order valence-electron chi connectivity index (χ4n) is 8.56. The second-order valence-electron chi connectivity index (χ2n) is 19.5. The van der Waals surface area contributed by atoms with E-state index in [9.17, 15) is 33.1 Å². The minimum atomic E-state index is -5.07. The van der Waals surface area contributed by atoms with Crippen molar-refractivity contribution in [2.45, 2.75) is 269 Å². The topological polar surface area (TPSA) is 178 Å². The van der Waals surface area contributed by atoms with Gasteiger partial charge in [0.1, 0.15) is 30.5 Å². The summed E-state index contributed by atoms with van der Waals surface area (Å²) in [6.45, 7) is 3.86. The Morgan fingerprint density at radius 1 is 0.542 bits per heavy atom. The van der Waals surface area contributed by atoms with Gasteiger partial charge < -0.3 is 34.3 Å². The third-order valence-corrected chi connectivity index (χ3v) is 13.3. The summed E-state index contributed by atoms with van der Waals surface area (Å²) >= 11 is 0. The minimum absolute atomic E-state index is 0.0214. The molecule has 1 saturated heterocycles. The molecule has 0 aromatic heterocycles. The van der Waals surface area contributed by atoms with Crippen LogP contribution in [0.4, 0.5) is 0 Å². The molecule has 72 heavy (non-hydrogen) atoms. The van der Waals surface area contributed by atoms with Gasteiger partial charge in [-0.2, -0.15) is 8.42 Å². The van der Waals surface area contributed by atoms with Crippen molar-refractivity contribution in [2.75, 3.05) is 26.4 Å². The fourth-order valence-corrected chi connectivity index (χ4v) is 9.07. The van der Waals surface area contributed by atoms with E-state index in [1.54, 1.807) is 0 Å². The van der Waals surface area contributed by atoms with Gasteiger partial charge in [-0.25, -0.2) is 4.18 Å². The van der Waals surface area contributed by atoms with Crippen LogP contribution in [0.3, 0.4) is 0 Å². The van der Waals surface area contributed by atoms with Gasteiger partial charge in [0.25, 0.3) is 0 Å². The van der Waals surface area contributed by atoms with Gasteiger partial charge in [-0.05, 0) is 64.2 Å². The Bertz CT molecular complexity index is 1520. The molecule has 0 radical (unpaired) electrons. The van der Waals surface area contributed by atoms with Crippen molar-refractivity contribution in [3.05, 3.63) is 72.9 Å².